The van der Waals surface area contributed by atoms with E-state index in [1.54, 1.807) is 25.9 Å². The number of nitrogens with two attached hydrogens (primary N) is 1. The van der Waals surface area contributed by atoms with Gasteiger partial charge in [-0.15, -0.1) is 0 Å². The van der Waals surface area contributed by atoms with Crippen LogP contribution in [-0.4, -0.2) is 38.0 Å². The highest BCUT2D eigenvalue weighted by atomic mass is 19.4. The summed E-state index contributed by atoms with van der Waals surface area (Å²) in [7, 11) is 3.20. The lowest BCUT2D eigenvalue weighted by Crippen LogP contribution is -2.36. The molecule has 0 aliphatic heterocycles. The number of nitrogens with zero attached hydrogens (tertiary/aromatic N) is 2. The maximum Gasteiger partial charge on any atom is 0.418 e. The average Bonchev–Trinajstić information content (AvgIpc) is 2.34. The molecule has 1 aromatic carbocycles. The molecule has 0 aliphatic rings. The zero-order chi connectivity index (χ0) is 15.5. The van der Waals surface area contributed by atoms with Crippen LogP contribution in [0.4, 0.5) is 24.5 Å². The fraction of sp³-hybridized carbons (Fsp3) is 0.462. The van der Waals surface area contributed by atoms with Crippen LogP contribution in [0.25, 0.3) is 0 Å². The van der Waals surface area contributed by atoms with E-state index in [0.29, 0.717) is 12.2 Å². The van der Waals surface area contributed by atoms with Crippen molar-refractivity contribution in [2.45, 2.75) is 13.1 Å². The van der Waals surface area contributed by atoms with Crippen LogP contribution >= 0.6 is 0 Å². The molecule has 0 spiro atoms. The molecule has 0 aromatic heterocycles. The van der Waals surface area contributed by atoms with Crippen molar-refractivity contribution in [2.24, 2.45) is 0 Å². The number of carbonyl (C=O) groups excluding carboxylic acids is 1. The number of nitrogen functional groups attached to an aromatic ring is 1. The van der Waals surface area contributed by atoms with Crippen LogP contribution in [0, 0.1) is 0 Å². The second kappa shape index (κ2) is 6.02. The molecular formula is C13H18F3N3O. The van der Waals surface area contributed by atoms with E-state index in [4.69, 9.17) is 5.73 Å². The van der Waals surface area contributed by atoms with Crippen LogP contribution in [-0.2, 0) is 11.0 Å². The molecular weight excluding hydrogens is 271 g/mol. The fourth-order valence-electron chi connectivity index (χ4n) is 1.68. The molecule has 0 aliphatic carbocycles. The van der Waals surface area contributed by atoms with Gasteiger partial charge in [-0.05, 0) is 25.1 Å². The van der Waals surface area contributed by atoms with E-state index >= 15 is 0 Å². The summed E-state index contributed by atoms with van der Waals surface area (Å²) in [4.78, 5) is 14.6. The van der Waals surface area contributed by atoms with Gasteiger partial charge in [-0.2, -0.15) is 13.2 Å². The Balaban J connectivity index is 3.08. The Morgan fingerprint density at radius 2 is 1.90 bits per heavy atom. The molecule has 0 unspecified atom stereocenters. The van der Waals surface area contributed by atoms with E-state index in [2.05, 4.69) is 0 Å². The normalized spacial score (nSPS) is 11.3. The highest BCUT2D eigenvalue weighted by Gasteiger charge is 2.33. The zero-order valence-electron chi connectivity index (χ0n) is 11.7. The lowest BCUT2D eigenvalue weighted by Gasteiger charge is -2.25. The van der Waals surface area contributed by atoms with Gasteiger partial charge < -0.3 is 15.5 Å². The van der Waals surface area contributed by atoms with Crippen molar-refractivity contribution in [1.29, 1.82) is 0 Å². The number of anilines is 2. The van der Waals surface area contributed by atoms with Crippen LogP contribution in [0.3, 0.4) is 0 Å². The number of hydrogen-bond donors (Lipinski definition) is 1. The van der Waals surface area contributed by atoms with Crippen LogP contribution in [0.1, 0.15) is 12.5 Å². The quantitative estimate of drug-likeness (QED) is 0.865. The summed E-state index contributed by atoms with van der Waals surface area (Å²) >= 11 is 0. The molecule has 2 N–H and O–H groups in total. The molecule has 20 heavy (non-hydrogen) atoms. The van der Waals surface area contributed by atoms with E-state index in [-0.39, 0.29) is 18.1 Å². The molecule has 0 heterocycles. The van der Waals surface area contributed by atoms with Gasteiger partial charge in [0.15, 0.2) is 0 Å². The Morgan fingerprint density at radius 3 is 2.35 bits per heavy atom. The standard InChI is InChI=1S/C13H18F3N3O/c1-4-19(8-12(20)18(2)3)9-5-6-11(17)10(7-9)13(14,15)16/h5-7H,4,8,17H2,1-3H3. The molecule has 1 aromatic rings. The van der Waals surface area contributed by atoms with Crippen molar-refractivity contribution >= 4 is 17.3 Å². The highest BCUT2D eigenvalue weighted by Crippen LogP contribution is 2.35. The minimum Gasteiger partial charge on any atom is -0.398 e. The molecule has 1 rings (SSSR count). The highest BCUT2D eigenvalue weighted by molar-refractivity contribution is 5.81. The summed E-state index contributed by atoms with van der Waals surface area (Å²) in [6.45, 7) is 2.21. The fourth-order valence-corrected chi connectivity index (χ4v) is 1.68. The van der Waals surface area contributed by atoms with Gasteiger partial charge in [0.1, 0.15) is 0 Å². The van der Waals surface area contributed by atoms with Gasteiger partial charge in [0, 0.05) is 32.0 Å². The predicted molar refractivity (Wildman–Crippen MR) is 72.4 cm³/mol. The van der Waals surface area contributed by atoms with Crippen molar-refractivity contribution in [3.05, 3.63) is 23.8 Å². The minimum absolute atomic E-state index is 0.0186. The van der Waals surface area contributed by atoms with E-state index in [1.165, 1.54) is 17.0 Å². The van der Waals surface area contributed by atoms with E-state index < -0.39 is 11.7 Å². The van der Waals surface area contributed by atoms with Crippen LogP contribution in [0.15, 0.2) is 18.2 Å². The third kappa shape index (κ3) is 3.79. The first-order chi connectivity index (χ1) is 9.16. The molecule has 0 saturated carbocycles. The number of carbonyl (C=O) groups is 1. The average molecular weight is 289 g/mol. The van der Waals surface area contributed by atoms with Crippen LogP contribution < -0.4 is 10.6 Å². The molecule has 0 fully saturated rings. The molecule has 7 heteroatoms. The van der Waals surface area contributed by atoms with Gasteiger partial charge in [-0.1, -0.05) is 0 Å². The van der Waals surface area contributed by atoms with Gasteiger partial charge in [-0.3, -0.25) is 4.79 Å². The Bertz CT molecular complexity index is 486. The molecule has 4 nitrogen and oxygen atoms in total. The molecule has 112 valence electrons. The van der Waals surface area contributed by atoms with Crippen molar-refractivity contribution in [1.82, 2.24) is 4.90 Å². The summed E-state index contributed by atoms with van der Waals surface area (Å²) in [5, 5.41) is 0. The van der Waals surface area contributed by atoms with Crippen molar-refractivity contribution in [2.75, 3.05) is 37.8 Å². The number of benzene rings is 1. The Hall–Kier alpha value is -1.92. The van der Waals surface area contributed by atoms with Crippen molar-refractivity contribution in [3.8, 4) is 0 Å². The summed E-state index contributed by atoms with van der Waals surface area (Å²) in [6.07, 6.45) is -4.51. The second-order valence-corrected chi connectivity index (χ2v) is 4.57. The van der Waals surface area contributed by atoms with Gasteiger partial charge >= 0.3 is 6.18 Å². The largest absolute Gasteiger partial charge is 0.418 e. The SMILES string of the molecule is CCN(CC(=O)N(C)C)c1ccc(N)c(C(F)(F)F)c1. The topological polar surface area (TPSA) is 49.6 Å². The summed E-state index contributed by atoms with van der Waals surface area (Å²) in [6, 6.07) is 3.67. The maximum absolute atomic E-state index is 12.8. The van der Waals surface area contributed by atoms with Crippen molar-refractivity contribution in [3.63, 3.8) is 0 Å². The van der Waals surface area contributed by atoms with E-state index in [9.17, 15) is 18.0 Å². The van der Waals surface area contributed by atoms with Gasteiger partial charge in [0.2, 0.25) is 5.91 Å². The number of halogens is 3. The number of likely N-dealkylation sites (N-methyl/N-ethyl adjacent to an activating group) is 2. The first kappa shape index (κ1) is 16.1. The number of amides is 1. The van der Waals surface area contributed by atoms with E-state index in [1.807, 2.05) is 0 Å². The lowest BCUT2D eigenvalue weighted by molar-refractivity contribution is -0.136. The van der Waals surface area contributed by atoms with Gasteiger partial charge in [0.05, 0.1) is 12.1 Å². The molecule has 1 amide bonds. The summed E-state index contributed by atoms with van der Waals surface area (Å²) in [5.74, 6) is -0.183. The molecule has 0 radical (unpaired) electrons. The molecule has 0 atom stereocenters. The van der Waals surface area contributed by atoms with Crippen molar-refractivity contribution < 1.29 is 18.0 Å². The van der Waals surface area contributed by atoms with Gasteiger partial charge in [-0.25, -0.2) is 0 Å². The molecule has 0 saturated heterocycles. The summed E-state index contributed by atoms with van der Waals surface area (Å²) in [5.41, 5.74) is 4.47. The van der Waals surface area contributed by atoms with Crippen LogP contribution in [0.5, 0.6) is 0 Å². The first-order valence-corrected chi connectivity index (χ1v) is 6.08. The van der Waals surface area contributed by atoms with Gasteiger partial charge in [0.25, 0.3) is 0 Å². The Kier molecular flexibility index (Phi) is 4.86. The smallest absolute Gasteiger partial charge is 0.398 e. The number of rotatable bonds is 4. The lowest BCUT2D eigenvalue weighted by atomic mass is 10.1. The third-order valence-corrected chi connectivity index (χ3v) is 2.91. The maximum atomic E-state index is 12.8. The third-order valence-electron chi connectivity index (χ3n) is 2.91. The molecule has 0 bridgehead atoms. The predicted octanol–water partition coefficient (Wildman–Crippen LogP) is 2.20. The first-order valence-electron chi connectivity index (χ1n) is 6.08. The monoisotopic (exact) mass is 289 g/mol. The van der Waals surface area contributed by atoms with E-state index in [0.717, 1.165) is 6.07 Å². The Labute approximate surface area is 116 Å². The summed E-state index contributed by atoms with van der Waals surface area (Å²) < 4.78 is 38.4. The second-order valence-electron chi connectivity index (χ2n) is 4.57. The minimum atomic E-state index is -4.51. The van der Waals surface area contributed by atoms with Crippen LogP contribution in [0.2, 0.25) is 0 Å². The number of hydrogen-bond acceptors (Lipinski definition) is 3. The zero-order valence-corrected chi connectivity index (χ0v) is 11.7. The Morgan fingerprint density at radius 1 is 1.30 bits per heavy atom. The number of alkyl halides is 3.